The van der Waals surface area contributed by atoms with Crippen LogP contribution in [0.3, 0.4) is 0 Å². The molecule has 0 amide bonds. The molecule has 0 aromatic carbocycles. The summed E-state index contributed by atoms with van der Waals surface area (Å²) in [5.41, 5.74) is 0.631. The molecule has 0 spiro atoms. The predicted molar refractivity (Wildman–Crippen MR) is 73.4 cm³/mol. The summed E-state index contributed by atoms with van der Waals surface area (Å²) in [6.45, 7) is 16.1. The van der Waals surface area contributed by atoms with Crippen molar-refractivity contribution in [1.82, 2.24) is 10.2 Å². The molecule has 1 aliphatic heterocycles. The summed E-state index contributed by atoms with van der Waals surface area (Å²) in [6, 6.07) is 0. The van der Waals surface area contributed by atoms with Crippen molar-refractivity contribution in [2.45, 2.75) is 34.1 Å². The fraction of sp³-hybridized carbons (Fsp3) is 1.00. The normalized spacial score (nSPS) is 19.6. The van der Waals surface area contributed by atoms with Gasteiger partial charge in [-0.05, 0) is 17.3 Å². The van der Waals surface area contributed by atoms with Crippen LogP contribution in [0.2, 0.25) is 0 Å². The zero-order valence-electron chi connectivity index (χ0n) is 12.3. The van der Waals surface area contributed by atoms with Gasteiger partial charge in [0.05, 0.1) is 6.61 Å². The van der Waals surface area contributed by atoms with Crippen molar-refractivity contribution in [2.75, 3.05) is 46.4 Å². The van der Waals surface area contributed by atoms with Crippen LogP contribution in [0.25, 0.3) is 0 Å². The Labute approximate surface area is 107 Å². The Hall–Kier alpha value is -0.120. The molecule has 0 saturated carbocycles. The molecule has 1 saturated heterocycles. The SMILES string of the molecule is COCC(C)(C)CC(C)(C)CN1CCNCC1. The first-order valence-corrected chi connectivity index (χ1v) is 6.77. The average molecular weight is 242 g/mol. The second-order valence-corrected chi connectivity index (χ2v) is 6.96. The van der Waals surface area contributed by atoms with Crippen molar-refractivity contribution < 1.29 is 4.74 Å². The van der Waals surface area contributed by atoms with Crippen LogP contribution in [0.4, 0.5) is 0 Å². The summed E-state index contributed by atoms with van der Waals surface area (Å²) in [4.78, 5) is 2.58. The second kappa shape index (κ2) is 6.17. The topological polar surface area (TPSA) is 24.5 Å². The molecule has 0 bridgehead atoms. The van der Waals surface area contributed by atoms with Gasteiger partial charge in [-0.2, -0.15) is 0 Å². The van der Waals surface area contributed by atoms with Gasteiger partial charge in [0.2, 0.25) is 0 Å². The van der Waals surface area contributed by atoms with Crippen LogP contribution in [-0.4, -0.2) is 51.3 Å². The van der Waals surface area contributed by atoms with Crippen molar-refractivity contribution in [2.24, 2.45) is 10.8 Å². The monoisotopic (exact) mass is 242 g/mol. The minimum absolute atomic E-state index is 0.270. The fourth-order valence-electron chi connectivity index (χ4n) is 3.27. The van der Waals surface area contributed by atoms with Gasteiger partial charge >= 0.3 is 0 Å². The van der Waals surface area contributed by atoms with E-state index in [9.17, 15) is 0 Å². The first kappa shape index (κ1) is 14.9. The average Bonchev–Trinajstić information content (AvgIpc) is 2.15. The highest BCUT2D eigenvalue weighted by molar-refractivity contribution is 4.83. The van der Waals surface area contributed by atoms with Gasteiger partial charge in [-0.15, -0.1) is 0 Å². The summed E-state index contributed by atoms with van der Waals surface area (Å²) < 4.78 is 5.32. The van der Waals surface area contributed by atoms with E-state index in [1.807, 2.05) is 0 Å². The Morgan fingerprint density at radius 3 is 2.18 bits per heavy atom. The second-order valence-electron chi connectivity index (χ2n) is 6.96. The quantitative estimate of drug-likeness (QED) is 0.771. The molecule has 0 aliphatic carbocycles. The number of rotatable bonds is 6. The minimum atomic E-state index is 0.270. The van der Waals surface area contributed by atoms with E-state index in [1.165, 1.54) is 26.1 Å². The van der Waals surface area contributed by atoms with Crippen LogP contribution < -0.4 is 5.32 Å². The standard InChI is InChI=1S/C14H30N2O/c1-13(2,10-14(3,4)12-17-5)11-16-8-6-15-7-9-16/h15H,6-12H2,1-5H3. The highest BCUT2D eigenvalue weighted by atomic mass is 16.5. The van der Waals surface area contributed by atoms with Crippen molar-refractivity contribution in [3.8, 4) is 0 Å². The number of nitrogens with zero attached hydrogens (tertiary/aromatic N) is 1. The molecule has 0 aromatic heterocycles. The molecule has 1 fully saturated rings. The Kier molecular flexibility index (Phi) is 5.42. The first-order valence-electron chi connectivity index (χ1n) is 6.77. The number of nitrogens with one attached hydrogen (secondary N) is 1. The third kappa shape index (κ3) is 5.84. The molecule has 0 unspecified atom stereocenters. The fourth-order valence-corrected chi connectivity index (χ4v) is 3.27. The molecule has 3 nitrogen and oxygen atoms in total. The first-order chi connectivity index (χ1) is 7.85. The number of hydrogen-bond acceptors (Lipinski definition) is 3. The Balaban J connectivity index is 2.43. The molecule has 0 atom stereocenters. The Morgan fingerprint density at radius 1 is 1.06 bits per heavy atom. The van der Waals surface area contributed by atoms with E-state index >= 15 is 0 Å². The summed E-state index contributed by atoms with van der Waals surface area (Å²) in [5, 5.41) is 3.41. The summed E-state index contributed by atoms with van der Waals surface area (Å²) in [7, 11) is 1.80. The molecule has 17 heavy (non-hydrogen) atoms. The predicted octanol–water partition coefficient (Wildman–Crippen LogP) is 1.98. The minimum Gasteiger partial charge on any atom is -0.384 e. The molecule has 1 heterocycles. The van der Waals surface area contributed by atoms with Crippen LogP contribution >= 0.6 is 0 Å². The van der Waals surface area contributed by atoms with Crippen LogP contribution in [-0.2, 0) is 4.74 Å². The lowest BCUT2D eigenvalue weighted by Gasteiger charge is -2.39. The summed E-state index contributed by atoms with van der Waals surface area (Å²) in [5.74, 6) is 0. The molecule has 1 aliphatic rings. The maximum absolute atomic E-state index is 5.32. The van der Waals surface area contributed by atoms with Crippen LogP contribution in [0, 0.1) is 10.8 Å². The van der Waals surface area contributed by atoms with E-state index in [0.717, 1.165) is 19.7 Å². The molecule has 102 valence electrons. The third-order valence-corrected chi connectivity index (χ3v) is 3.35. The van der Waals surface area contributed by atoms with E-state index in [-0.39, 0.29) is 5.41 Å². The largest absolute Gasteiger partial charge is 0.384 e. The van der Waals surface area contributed by atoms with E-state index in [4.69, 9.17) is 4.74 Å². The van der Waals surface area contributed by atoms with Gasteiger partial charge in [0.1, 0.15) is 0 Å². The highest BCUT2D eigenvalue weighted by Crippen LogP contribution is 2.34. The van der Waals surface area contributed by atoms with Gasteiger partial charge in [-0.1, -0.05) is 27.7 Å². The van der Waals surface area contributed by atoms with E-state index < -0.39 is 0 Å². The van der Waals surface area contributed by atoms with Crippen LogP contribution in [0.15, 0.2) is 0 Å². The van der Waals surface area contributed by atoms with Gasteiger partial charge in [0.25, 0.3) is 0 Å². The van der Waals surface area contributed by atoms with Crippen molar-refractivity contribution in [3.05, 3.63) is 0 Å². The van der Waals surface area contributed by atoms with Gasteiger partial charge < -0.3 is 15.0 Å². The van der Waals surface area contributed by atoms with E-state index in [1.54, 1.807) is 7.11 Å². The highest BCUT2D eigenvalue weighted by Gasteiger charge is 2.30. The summed E-state index contributed by atoms with van der Waals surface area (Å²) in [6.07, 6.45) is 1.21. The van der Waals surface area contributed by atoms with E-state index in [0.29, 0.717) is 5.41 Å². The summed E-state index contributed by atoms with van der Waals surface area (Å²) >= 11 is 0. The molecule has 0 aromatic rings. The number of methoxy groups -OCH3 is 1. The Bertz CT molecular complexity index is 220. The molecular weight excluding hydrogens is 212 g/mol. The molecule has 3 heteroatoms. The Morgan fingerprint density at radius 2 is 1.65 bits per heavy atom. The zero-order valence-corrected chi connectivity index (χ0v) is 12.3. The van der Waals surface area contributed by atoms with Gasteiger partial charge in [-0.3, -0.25) is 0 Å². The lowest BCUT2D eigenvalue weighted by molar-refractivity contribution is 0.0508. The molecule has 1 N–H and O–H groups in total. The maximum Gasteiger partial charge on any atom is 0.0513 e. The lowest BCUT2D eigenvalue weighted by Crippen LogP contribution is -2.47. The molecular formula is C14H30N2O. The van der Waals surface area contributed by atoms with Gasteiger partial charge in [0.15, 0.2) is 0 Å². The number of hydrogen-bond donors (Lipinski definition) is 1. The third-order valence-electron chi connectivity index (χ3n) is 3.35. The lowest BCUT2D eigenvalue weighted by atomic mass is 9.75. The van der Waals surface area contributed by atoms with Gasteiger partial charge in [-0.25, -0.2) is 0 Å². The molecule has 0 radical (unpaired) electrons. The van der Waals surface area contributed by atoms with Crippen molar-refractivity contribution >= 4 is 0 Å². The number of ether oxygens (including phenoxy) is 1. The van der Waals surface area contributed by atoms with Crippen LogP contribution in [0.1, 0.15) is 34.1 Å². The van der Waals surface area contributed by atoms with Crippen molar-refractivity contribution in [3.63, 3.8) is 0 Å². The maximum atomic E-state index is 5.32. The van der Waals surface area contributed by atoms with Crippen molar-refractivity contribution in [1.29, 1.82) is 0 Å². The van der Waals surface area contributed by atoms with E-state index in [2.05, 4.69) is 37.9 Å². The number of piperazine rings is 1. The van der Waals surface area contributed by atoms with Crippen LogP contribution in [0.5, 0.6) is 0 Å². The molecule has 1 rings (SSSR count). The smallest absolute Gasteiger partial charge is 0.0513 e. The zero-order chi connectivity index (χ0) is 12.9. The van der Waals surface area contributed by atoms with Gasteiger partial charge in [0, 0.05) is 39.8 Å².